The molecule has 0 nitrogen and oxygen atoms in total. The smallest absolute Gasteiger partial charge is 0.0563 e. The Labute approximate surface area is 154 Å². The van der Waals surface area contributed by atoms with E-state index in [9.17, 15) is 0 Å². The topological polar surface area (TPSA) is 0 Å². The number of benzene rings is 4. The van der Waals surface area contributed by atoms with Gasteiger partial charge in [0.15, 0.2) is 0 Å². The molecule has 0 aliphatic rings. The fraction of sp³-hybridized carbons (Fsp3) is 0.167. The Kier molecular flexibility index (Phi) is 3.81. The van der Waals surface area contributed by atoms with Crippen LogP contribution in [0.5, 0.6) is 0 Å². The maximum Gasteiger partial charge on any atom is 0.0563 e. The van der Waals surface area contributed by atoms with Crippen LogP contribution in [-0.4, -0.2) is 0 Å². The molecule has 0 spiro atoms. The normalized spacial score (nSPS) is 12.0. The highest BCUT2D eigenvalue weighted by atomic mass is 35.5. The molecule has 0 bridgehead atoms. The molecule has 0 aromatic heterocycles. The average molecular weight is 345 g/mol. The van der Waals surface area contributed by atoms with Crippen LogP contribution in [0, 0.1) is 0 Å². The van der Waals surface area contributed by atoms with Crippen molar-refractivity contribution >= 4 is 33.1 Å². The zero-order valence-electron chi connectivity index (χ0n) is 14.8. The van der Waals surface area contributed by atoms with Gasteiger partial charge in [0.05, 0.1) is 5.02 Å². The third kappa shape index (κ3) is 2.71. The Morgan fingerprint density at radius 3 is 1.48 bits per heavy atom. The Balaban J connectivity index is 2.07. The summed E-state index contributed by atoms with van der Waals surface area (Å²) in [6.07, 6.45) is 0. The lowest BCUT2D eigenvalue weighted by molar-refractivity contribution is 0.590. The van der Waals surface area contributed by atoms with Crippen molar-refractivity contribution in [1.29, 1.82) is 0 Å². The predicted molar refractivity (Wildman–Crippen MR) is 111 cm³/mol. The van der Waals surface area contributed by atoms with Crippen LogP contribution >= 0.6 is 11.6 Å². The molecule has 0 aliphatic heterocycles. The first-order valence-electron chi connectivity index (χ1n) is 8.67. The van der Waals surface area contributed by atoms with Gasteiger partial charge in [0.1, 0.15) is 0 Å². The second kappa shape index (κ2) is 5.89. The standard InChI is InChI=1S/C24H21Cl/c1-24(2,3)17-14-12-16(13-15-17)22-18-8-4-6-10-20(18)23(25)21-11-7-5-9-19(21)22/h4-15H,1-3H3. The highest BCUT2D eigenvalue weighted by Gasteiger charge is 2.16. The first-order valence-corrected chi connectivity index (χ1v) is 9.04. The zero-order chi connectivity index (χ0) is 17.6. The summed E-state index contributed by atoms with van der Waals surface area (Å²) in [4.78, 5) is 0. The van der Waals surface area contributed by atoms with E-state index in [0.29, 0.717) is 0 Å². The molecular formula is C24H21Cl. The quantitative estimate of drug-likeness (QED) is 0.312. The second-order valence-corrected chi connectivity index (χ2v) is 7.99. The van der Waals surface area contributed by atoms with Gasteiger partial charge in [0, 0.05) is 10.8 Å². The van der Waals surface area contributed by atoms with Crippen molar-refractivity contribution in [2.45, 2.75) is 26.2 Å². The third-order valence-electron chi connectivity index (χ3n) is 4.91. The molecule has 1 heteroatoms. The number of halogens is 1. The van der Waals surface area contributed by atoms with Gasteiger partial charge in [-0.15, -0.1) is 0 Å². The van der Waals surface area contributed by atoms with Crippen LogP contribution in [0.4, 0.5) is 0 Å². The number of hydrogen-bond donors (Lipinski definition) is 0. The minimum Gasteiger partial charge on any atom is -0.0830 e. The Hall–Kier alpha value is -2.31. The summed E-state index contributed by atoms with van der Waals surface area (Å²) in [5.74, 6) is 0. The van der Waals surface area contributed by atoms with Crippen LogP contribution < -0.4 is 0 Å². The van der Waals surface area contributed by atoms with E-state index < -0.39 is 0 Å². The average Bonchev–Trinajstić information content (AvgIpc) is 2.62. The summed E-state index contributed by atoms with van der Waals surface area (Å²) in [5.41, 5.74) is 4.00. The highest BCUT2D eigenvalue weighted by molar-refractivity contribution is 6.42. The third-order valence-corrected chi connectivity index (χ3v) is 5.31. The fourth-order valence-electron chi connectivity index (χ4n) is 3.52. The van der Waals surface area contributed by atoms with Gasteiger partial charge in [-0.05, 0) is 32.9 Å². The van der Waals surface area contributed by atoms with Crippen molar-refractivity contribution in [3.8, 4) is 11.1 Å². The van der Waals surface area contributed by atoms with Crippen molar-refractivity contribution in [3.63, 3.8) is 0 Å². The molecule has 0 amide bonds. The van der Waals surface area contributed by atoms with Crippen molar-refractivity contribution in [3.05, 3.63) is 83.4 Å². The number of fused-ring (bicyclic) bond motifs is 2. The molecule has 124 valence electrons. The van der Waals surface area contributed by atoms with Gasteiger partial charge in [0.25, 0.3) is 0 Å². The summed E-state index contributed by atoms with van der Waals surface area (Å²) in [6, 6.07) is 25.8. The van der Waals surface area contributed by atoms with E-state index in [1.165, 1.54) is 27.5 Å². The molecule has 0 saturated carbocycles. The lowest BCUT2D eigenvalue weighted by atomic mass is 9.85. The molecule has 0 saturated heterocycles. The Morgan fingerprint density at radius 1 is 0.600 bits per heavy atom. The molecule has 0 fully saturated rings. The SMILES string of the molecule is CC(C)(C)c1ccc(-c2c3ccccc3c(Cl)c3ccccc23)cc1. The van der Waals surface area contributed by atoms with E-state index in [1.54, 1.807) is 0 Å². The molecule has 4 aromatic rings. The predicted octanol–water partition coefficient (Wildman–Crippen LogP) is 7.61. The van der Waals surface area contributed by atoms with Crippen molar-refractivity contribution in [2.75, 3.05) is 0 Å². The molecule has 4 aromatic carbocycles. The summed E-state index contributed by atoms with van der Waals surface area (Å²) in [6.45, 7) is 6.74. The molecular weight excluding hydrogens is 324 g/mol. The minimum absolute atomic E-state index is 0.155. The Bertz CT molecular complexity index is 1010. The van der Waals surface area contributed by atoms with E-state index in [-0.39, 0.29) is 5.41 Å². The molecule has 0 radical (unpaired) electrons. The molecule has 0 aliphatic carbocycles. The molecule has 0 N–H and O–H groups in total. The van der Waals surface area contributed by atoms with Crippen LogP contribution in [0.2, 0.25) is 5.02 Å². The van der Waals surface area contributed by atoms with Crippen LogP contribution in [-0.2, 0) is 5.41 Å². The van der Waals surface area contributed by atoms with E-state index in [4.69, 9.17) is 11.6 Å². The maximum absolute atomic E-state index is 6.72. The van der Waals surface area contributed by atoms with E-state index in [2.05, 4.69) is 93.6 Å². The van der Waals surface area contributed by atoms with Gasteiger partial charge in [-0.1, -0.05) is 105 Å². The van der Waals surface area contributed by atoms with Crippen LogP contribution in [0.15, 0.2) is 72.8 Å². The van der Waals surface area contributed by atoms with Gasteiger partial charge in [-0.25, -0.2) is 0 Å². The van der Waals surface area contributed by atoms with Gasteiger partial charge < -0.3 is 0 Å². The van der Waals surface area contributed by atoms with Gasteiger partial charge >= 0.3 is 0 Å². The van der Waals surface area contributed by atoms with Gasteiger partial charge in [-0.2, -0.15) is 0 Å². The fourth-order valence-corrected chi connectivity index (χ4v) is 3.85. The Morgan fingerprint density at radius 2 is 1.04 bits per heavy atom. The van der Waals surface area contributed by atoms with Gasteiger partial charge in [0.2, 0.25) is 0 Å². The summed E-state index contributed by atoms with van der Waals surface area (Å²) >= 11 is 6.72. The zero-order valence-corrected chi connectivity index (χ0v) is 15.6. The summed E-state index contributed by atoms with van der Waals surface area (Å²) in [5, 5.41) is 5.46. The van der Waals surface area contributed by atoms with Crippen molar-refractivity contribution < 1.29 is 0 Å². The molecule has 4 rings (SSSR count). The van der Waals surface area contributed by atoms with Crippen molar-refractivity contribution in [1.82, 2.24) is 0 Å². The first kappa shape index (κ1) is 16.2. The van der Waals surface area contributed by atoms with Crippen LogP contribution in [0.1, 0.15) is 26.3 Å². The monoisotopic (exact) mass is 344 g/mol. The van der Waals surface area contributed by atoms with Crippen LogP contribution in [0.3, 0.4) is 0 Å². The molecule has 0 heterocycles. The summed E-state index contributed by atoms with van der Waals surface area (Å²) in [7, 11) is 0. The second-order valence-electron chi connectivity index (χ2n) is 7.61. The van der Waals surface area contributed by atoms with E-state index in [0.717, 1.165) is 15.8 Å². The van der Waals surface area contributed by atoms with E-state index >= 15 is 0 Å². The van der Waals surface area contributed by atoms with Crippen LogP contribution in [0.25, 0.3) is 32.7 Å². The maximum atomic E-state index is 6.72. The minimum atomic E-state index is 0.155. The lowest BCUT2D eigenvalue weighted by Gasteiger charge is -2.20. The lowest BCUT2D eigenvalue weighted by Crippen LogP contribution is -2.10. The highest BCUT2D eigenvalue weighted by Crippen LogP contribution is 2.41. The summed E-state index contributed by atoms with van der Waals surface area (Å²) < 4.78 is 0. The number of rotatable bonds is 1. The van der Waals surface area contributed by atoms with Crippen molar-refractivity contribution in [2.24, 2.45) is 0 Å². The molecule has 25 heavy (non-hydrogen) atoms. The molecule has 0 atom stereocenters. The largest absolute Gasteiger partial charge is 0.0830 e. The first-order chi connectivity index (χ1) is 12.0. The number of hydrogen-bond acceptors (Lipinski definition) is 0. The van der Waals surface area contributed by atoms with E-state index in [1.807, 2.05) is 0 Å². The molecule has 0 unspecified atom stereocenters. The van der Waals surface area contributed by atoms with Gasteiger partial charge in [-0.3, -0.25) is 0 Å².